The first-order chi connectivity index (χ1) is 15.7. The smallest absolute Gasteiger partial charge is 0.273 e. The van der Waals surface area contributed by atoms with Crippen molar-refractivity contribution in [2.24, 2.45) is 0 Å². The van der Waals surface area contributed by atoms with Crippen molar-refractivity contribution in [2.75, 3.05) is 50.9 Å². The number of morpholine rings is 1. The molecule has 1 saturated heterocycles. The molecule has 0 spiro atoms. The second-order valence-electron chi connectivity index (χ2n) is 7.74. The Morgan fingerprint density at radius 3 is 2.78 bits per heavy atom. The zero-order valence-corrected chi connectivity index (χ0v) is 18.4. The SMILES string of the molecule is O=C([C@@H]1COc2ccccc2O1)N(CCCN1CCOCC1)c1nc2c(F)cccc2s1. The monoisotopic (exact) mass is 457 g/mol. The minimum atomic E-state index is -0.787. The third-order valence-electron chi connectivity index (χ3n) is 5.60. The minimum absolute atomic E-state index is 0.120. The van der Waals surface area contributed by atoms with Gasteiger partial charge in [-0.2, -0.15) is 0 Å². The molecule has 5 rings (SSSR count). The molecular weight excluding hydrogens is 433 g/mol. The second kappa shape index (κ2) is 9.40. The van der Waals surface area contributed by atoms with Gasteiger partial charge < -0.3 is 14.2 Å². The number of fused-ring (bicyclic) bond motifs is 2. The molecule has 0 unspecified atom stereocenters. The number of para-hydroxylation sites is 3. The summed E-state index contributed by atoms with van der Waals surface area (Å²) in [5.74, 6) is 0.538. The Morgan fingerprint density at radius 1 is 1.16 bits per heavy atom. The van der Waals surface area contributed by atoms with Gasteiger partial charge in [-0.05, 0) is 30.7 Å². The van der Waals surface area contributed by atoms with Gasteiger partial charge in [0.1, 0.15) is 17.9 Å². The molecule has 0 saturated carbocycles. The molecule has 168 valence electrons. The fourth-order valence-corrected chi connectivity index (χ4v) is 4.92. The Kier molecular flexibility index (Phi) is 6.20. The summed E-state index contributed by atoms with van der Waals surface area (Å²) in [4.78, 5) is 21.9. The lowest BCUT2D eigenvalue weighted by molar-refractivity contribution is -0.127. The van der Waals surface area contributed by atoms with E-state index >= 15 is 0 Å². The molecule has 2 aliphatic rings. The number of amides is 1. The van der Waals surface area contributed by atoms with Gasteiger partial charge in [0, 0.05) is 26.2 Å². The lowest BCUT2D eigenvalue weighted by Gasteiger charge is -2.31. The van der Waals surface area contributed by atoms with Gasteiger partial charge in [0.15, 0.2) is 16.6 Å². The van der Waals surface area contributed by atoms with Crippen LogP contribution in [0.4, 0.5) is 9.52 Å². The summed E-state index contributed by atoms with van der Waals surface area (Å²) in [5.41, 5.74) is 0.282. The molecule has 7 nitrogen and oxygen atoms in total. The summed E-state index contributed by atoms with van der Waals surface area (Å²) < 4.78 is 32.1. The molecule has 3 aromatic rings. The quantitative estimate of drug-likeness (QED) is 0.566. The van der Waals surface area contributed by atoms with Crippen molar-refractivity contribution in [1.29, 1.82) is 0 Å². The van der Waals surface area contributed by atoms with Crippen LogP contribution in [0.25, 0.3) is 10.2 Å². The van der Waals surface area contributed by atoms with Crippen molar-refractivity contribution in [3.05, 3.63) is 48.3 Å². The molecule has 32 heavy (non-hydrogen) atoms. The molecule has 0 bridgehead atoms. The van der Waals surface area contributed by atoms with Crippen LogP contribution in [0.5, 0.6) is 11.5 Å². The molecule has 9 heteroatoms. The number of ether oxygens (including phenoxy) is 3. The van der Waals surface area contributed by atoms with Crippen LogP contribution < -0.4 is 14.4 Å². The first kappa shape index (κ1) is 21.1. The number of anilines is 1. The number of aromatic nitrogens is 1. The van der Waals surface area contributed by atoms with Gasteiger partial charge in [-0.25, -0.2) is 9.37 Å². The van der Waals surface area contributed by atoms with Crippen molar-refractivity contribution in [3.63, 3.8) is 0 Å². The van der Waals surface area contributed by atoms with Crippen LogP contribution in [0, 0.1) is 5.82 Å². The van der Waals surface area contributed by atoms with Crippen molar-refractivity contribution < 1.29 is 23.4 Å². The highest BCUT2D eigenvalue weighted by Crippen LogP contribution is 2.34. The van der Waals surface area contributed by atoms with Crippen LogP contribution >= 0.6 is 11.3 Å². The molecule has 1 atom stereocenters. The van der Waals surface area contributed by atoms with Crippen LogP contribution in [0.15, 0.2) is 42.5 Å². The van der Waals surface area contributed by atoms with Crippen molar-refractivity contribution in [1.82, 2.24) is 9.88 Å². The molecule has 0 N–H and O–H groups in total. The van der Waals surface area contributed by atoms with Crippen molar-refractivity contribution in [2.45, 2.75) is 12.5 Å². The molecule has 1 amide bonds. The Labute approximate surface area is 189 Å². The summed E-state index contributed by atoms with van der Waals surface area (Å²) in [6.07, 6.45) is -0.0287. The molecule has 0 aliphatic carbocycles. The topological polar surface area (TPSA) is 64.1 Å². The zero-order valence-electron chi connectivity index (χ0n) is 17.5. The molecule has 2 aliphatic heterocycles. The van der Waals surface area contributed by atoms with E-state index in [1.807, 2.05) is 24.3 Å². The van der Waals surface area contributed by atoms with Crippen LogP contribution in [0.3, 0.4) is 0 Å². The number of rotatable bonds is 6. The molecule has 3 heterocycles. The Hall–Kier alpha value is -2.75. The average Bonchev–Trinajstić information content (AvgIpc) is 3.27. The lowest BCUT2D eigenvalue weighted by atomic mass is 10.2. The maximum atomic E-state index is 14.3. The highest BCUT2D eigenvalue weighted by Gasteiger charge is 2.33. The normalized spacial score (nSPS) is 18.6. The van der Waals surface area contributed by atoms with E-state index in [0.717, 1.165) is 39.3 Å². The highest BCUT2D eigenvalue weighted by atomic mass is 32.1. The summed E-state index contributed by atoms with van der Waals surface area (Å²) in [5, 5.41) is 0.472. The summed E-state index contributed by atoms with van der Waals surface area (Å²) in [6.45, 7) is 4.65. The third kappa shape index (κ3) is 4.41. The maximum Gasteiger partial charge on any atom is 0.273 e. The largest absolute Gasteiger partial charge is 0.485 e. The predicted molar refractivity (Wildman–Crippen MR) is 120 cm³/mol. The fourth-order valence-electron chi connectivity index (χ4n) is 3.91. The zero-order chi connectivity index (χ0) is 21.9. The van der Waals surface area contributed by atoms with Gasteiger partial charge in [-0.1, -0.05) is 29.5 Å². The van der Waals surface area contributed by atoms with E-state index in [4.69, 9.17) is 14.2 Å². The van der Waals surface area contributed by atoms with E-state index < -0.39 is 11.9 Å². The minimum Gasteiger partial charge on any atom is -0.485 e. The number of thiazole rings is 1. The Bertz CT molecular complexity index is 1100. The van der Waals surface area contributed by atoms with Crippen molar-refractivity contribution in [3.8, 4) is 11.5 Å². The summed E-state index contributed by atoms with van der Waals surface area (Å²) in [7, 11) is 0. The van der Waals surface area contributed by atoms with E-state index in [2.05, 4.69) is 9.88 Å². The van der Waals surface area contributed by atoms with Crippen molar-refractivity contribution >= 4 is 32.6 Å². The second-order valence-corrected chi connectivity index (χ2v) is 8.75. The maximum absolute atomic E-state index is 14.3. The number of halogens is 1. The third-order valence-corrected chi connectivity index (χ3v) is 6.64. The van der Waals surface area contributed by atoms with Gasteiger partial charge in [-0.3, -0.25) is 14.6 Å². The van der Waals surface area contributed by atoms with Gasteiger partial charge in [0.25, 0.3) is 5.91 Å². The number of carbonyl (C=O) groups excluding carboxylic acids is 1. The van der Waals surface area contributed by atoms with E-state index in [1.54, 1.807) is 17.0 Å². The number of hydrogen-bond donors (Lipinski definition) is 0. The van der Waals surface area contributed by atoms with Gasteiger partial charge in [0.2, 0.25) is 6.10 Å². The first-order valence-corrected chi connectivity index (χ1v) is 11.6. The number of carbonyl (C=O) groups is 1. The summed E-state index contributed by atoms with van der Waals surface area (Å²) >= 11 is 1.31. The highest BCUT2D eigenvalue weighted by molar-refractivity contribution is 7.22. The van der Waals surface area contributed by atoms with E-state index in [9.17, 15) is 9.18 Å². The standard InChI is InChI=1S/C23H24FN3O4S/c24-16-5-3-8-20-21(16)25-23(32-20)27(10-4-9-26-11-13-29-14-12-26)22(28)19-15-30-17-6-1-2-7-18(17)31-19/h1-3,5-8,19H,4,9-15H2/t19-/m0/s1. The van der Waals surface area contributed by atoms with E-state index in [1.165, 1.54) is 17.4 Å². The fraction of sp³-hybridized carbons (Fsp3) is 0.391. The lowest BCUT2D eigenvalue weighted by Crippen LogP contribution is -2.47. The number of nitrogens with zero attached hydrogens (tertiary/aromatic N) is 3. The molecular formula is C23H24FN3O4S. The van der Waals surface area contributed by atoms with E-state index in [-0.39, 0.29) is 18.0 Å². The number of hydrogen-bond acceptors (Lipinski definition) is 7. The van der Waals surface area contributed by atoms with Crippen LogP contribution in [0.1, 0.15) is 6.42 Å². The van der Waals surface area contributed by atoms with Gasteiger partial charge in [-0.15, -0.1) is 0 Å². The van der Waals surface area contributed by atoms with Crippen LogP contribution in [-0.2, 0) is 9.53 Å². The van der Waals surface area contributed by atoms with E-state index in [0.29, 0.717) is 27.9 Å². The molecule has 1 aromatic heterocycles. The molecule has 0 radical (unpaired) electrons. The van der Waals surface area contributed by atoms with Crippen LogP contribution in [-0.4, -0.2) is 67.9 Å². The Balaban J connectivity index is 1.37. The molecule has 1 fully saturated rings. The summed E-state index contributed by atoms with van der Waals surface area (Å²) in [6, 6.07) is 12.1. The number of benzene rings is 2. The van der Waals surface area contributed by atoms with Gasteiger partial charge in [0.05, 0.1) is 17.9 Å². The average molecular weight is 458 g/mol. The molecule has 2 aromatic carbocycles. The van der Waals surface area contributed by atoms with Gasteiger partial charge >= 0.3 is 0 Å². The predicted octanol–water partition coefficient (Wildman–Crippen LogP) is 3.33. The van der Waals surface area contributed by atoms with Crippen LogP contribution in [0.2, 0.25) is 0 Å². The first-order valence-electron chi connectivity index (χ1n) is 10.7. The Morgan fingerprint density at radius 2 is 1.97 bits per heavy atom.